The Hall–Kier alpha value is 0.527. The summed E-state index contributed by atoms with van der Waals surface area (Å²) >= 11 is 4.20. The van der Waals surface area contributed by atoms with Crippen molar-refractivity contribution in [3.05, 3.63) is 0 Å². The molecule has 0 aliphatic carbocycles. The van der Waals surface area contributed by atoms with E-state index in [2.05, 4.69) is 33.4 Å². The number of thiol groups is 1. The molecule has 0 bridgehead atoms. The summed E-state index contributed by atoms with van der Waals surface area (Å²) < 4.78 is 5.46. The molecule has 0 fully saturated rings. The highest BCUT2D eigenvalue weighted by Crippen LogP contribution is 2.27. The summed E-state index contributed by atoms with van der Waals surface area (Å²) in [6, 6.07) is 0. The molecule has 10 heavy (non-hydrogen) atoms. The zero-order valence-electron chi connectivity index (χ0n) is 7.18. The van der Waals surface area contributed by atoms with Gasteiger partial charge in [0.1, 0.15) is 0 Å². The first-order valence-corrected chi connectivity index (χ1v) is 5.72. The van der Waals surface area contributed by atoms with Crippen LogP contribution in [0.2, 0.25) is 5.04 Å². The maximum absolute atomic E-state index is 5.46. The molecule has 0 aromatic carbocycles. The third-order valence-electron chi connectivity index (χ3n) is 1.49. The van der Waals surface area contributed by atoms with Crippen molar-refractivity contribution >= 4 is 22.4 Å². The van der Waals surface area contributed by atoms with Gasteiger partial charge in [0.15, 0.2) is 9.76 Å². The van der Waals surface area contributed by atoms with Crippen LogP contribution in [-0.2, 0) is 4.43 Å². The van der Waals surface area contributed by atoms with Crippen LogP contribution in [0.5, 0.6) is 0 Å². The van der Waals surface area contributed by atoms with E-state index in [1.54, 1.807) is 0 Å². The second kappa shape index (κ2) is 5.21. The Morgan fingerprint density at radius 2 is 2.10 bits per heavy atom. The van der Waals surface area contributed by atoms with E-state index in [9.17, 15) is 0 Å². The summed E-state index contributed by atoms with van der Waals surface area (Å²) in [5.41, 5.74) is 0. The van der Waals surface area contributed by atoms with E-state index in [1.807, 2.05) is 0 Å². The largest absolute Gasteiger partial charge is 0.424 e. The van der Waals surface area contributed by atoms with Gasteiger partial charge in [0.25, 0.3) is 0 Å². The van der Waals surface area contributed by atoms with Crippen molar-refractivity contribution in [2.75, 3.05) is 12.4 Å². The van der Waals surface area contributed by atoms with Crippen LogP contribution in [0.25, 0.3) is 0 Å². The predicted octanol–water partition coefficient (Wildman–Crippen LogP) is 1.63. The lowest BCUT2D eigenvalue weighted by atomic mass is 10.1. The molecular formula is C7H18OSSi. The minimum absolute atomic E-state index is 0.321. The Kier molecular flexibility index (Phi) is 5.49. The van der Waals surface area contributed by atoms with Crippen LogP contribution in [0, 0.1) is 0 Å². The van der Waals surface area contributed by atoms with Gasteiger partial charge >= 0.3 is 0 Å². The van der Waals surface area contributed by atoms with Crippen LogP contribution >= 0.6 is 12.6 Å². The molecule has 0 saturated carbocycles. The summed E-state index contributed by atoms with van der Waals surface area (Å²) in [6.07, 6.45) is 1.18. The van der Waals surface area contributed by atoms with Gasteiger partial charge in [0.05, 0.1) is 0 Å². The first-order chi connectivity index (χ1) is 4.62. The Morgan fingerprint density at radius 3 is 2.50 bits per heavy atom. The molecule has 0 atom stereocenters. The normalized spacial score (nSPS) is 13.2. The van der Waals surface area contributed by atoms with E-state index in [1.165, 1.54) is 6.42 Å². The third kappa shape index (κ3) is 5.32. The van der Waals surface area contributed by atoms with Crippen molar-refractivity contribution in [3.63, 3.8) is 0 Å². The highest BCUT2D eigenvalue weighted by molar-refractivity contribution is 7.80. The van der Waals surface area contributed by atoms with Crippen molar-refractivity contribution in [1.29, 1.82) is 0 Å². The topological polar surface area (TPSA) is 9.23 Å². The first-order valence-electron chi connectivity index (χ1n) is 3.81. The zero-order chi connectivity index (χ0) is 8.04. The average Bonchev–Trinajstić information content (AvgIpc) is 1.84. The maximum Gasteiger partial charge on any atom is 0.167 e. The Balaban J connectivity index is 3.42. The van der Waals surface area contributed by atoms with Crippen molar-refractivity contribution in [3.8, 4) is 0 Å². The van der Waals surface area contributed by atoms with E-state index < -0.39 is 0 Å². The van der Waals surface area contributed by atoms with Crippen LogP contribution in [0.1, 0.15) is 27.2 Å². The zero-order valence-corrected chi connectivity index (χ0v) is 9.49. The number of rotatable bonds is 5. The van der Waals surface area contributed by atoms with Gasteiger partial charge in [-0.2, -0.15) is 12.6 Å². The molecule has 0 N–H and O–H groups in total. The summed E-state index contributed by atoms with van der Waals surface area (Å²) in [5.74, 6) is 0.979. The molecule has 0 heterocycles. The van der Waals surface area contributed by atoms with E-state index in [4.69, 9.17) is 4.43 Å². The quantitative estimate of drug-likeness (QED) is 0.497. The van der Waals surface area contributed by atoms with Gasteiger partial charge < -0.3 is 4.43 Å². The molecule has 0 aromatic rings. The minimum atomic E-state index is -0.321. The SMILES string of the molecule is CCO[SiH2]C(C)(C)CCS. The summed E-state index contributed by atoms with van der Waals surface area (Å²) in [4.78, 5) is 0. The van der Waals surface area contributed by atoms with Gasteiger partial charge in [-0.05, 0) is 24.1 Å². The molecule has 0 radical (unpaired) electrons. The van der Waals surface area contributed by atoms with E-state index in [-0.39, 0.29) is 9.76 Å². The molecule has 62 valence electrons. The lowest BCUT2D eigenvalue weighted by Crippen LogP contribution is -2.16. The molecular weight excluding hydrogens is 160 g/mol. The van der Waals surface area contributed by atoms with Crippen molar-refractivity contribution < 1.29 is 4.43 Å². The summed E-state index contributed by atoms with van der Waals surface area (Å²) in [6.45, 7) is 7.47. The minimum Gasteiger partial charge on any atom is -0.424 e. The molecule has 0 aliphatic heterocycles. The van der Waals surface area contributed by atoms with E-state index in [0.717, 1.165) is 12.4 Å². The number of hydrogen-bond acceptors (Lipinski definition) is 2. The Morgan fingerprint density at radius 1 is 1.50 bits per heavy atom. The fraction of sp³-hybridized carbons (Fsp3) is 1.00. The molecule has 0 spiro atoms. The van der Waals surface area contributed by atoms with Gasteiger partial charge in [-0.25, -0.2) is 0 Å². The predicted molar refractivity (Wildman–Crippen MR) is 52.7 cm³/mol. The smallest absolute Gasteiger partial charge is 0.167 e. The lowest BCUT2D eigenvalue weighted by Gasteiger charge is -2.21. The first kappa shape index (κ1) is 10.5. The fourth-order valence-corrected chi connectivity index (χ4v) is 2.73. The highest BCUT2D eigenvalue weighted by atomic mass is 32.1. The van der Waals surface area contributed by atoms with Crippen LogP contribution in [0.4, 0.5) is 0 Å². The van der Waals surface area contributed by atoms with Crippen molar-refractivity contribution in [2.45, 2.75) is 32.2 Å². The molecule has 0 amide bonds. The van der Waals surface area contributed by atoms with Gasteiger partial charge in [-0.3, -0.25) is 0 Å². The van der Waals surface area contributed by atoms with Crippen molar-refractivity contribution in [2.24, 2.45) is 0 Å². The molecule has 0 rings (SSSR count). The second-order valence-electron chi connectivity index (χ2n) is 3.27. The Labute approximate surface area is 71.9 Å². The molecule has 0 aromatic heterocycles. The van der Waals surface area contributed by atoms with Crippen LogP contribution in [-0.4, -0.2) is 22.1 Å². The monoisotopic (exact) mass is 178 g/mol. The number of hydrogen-bond donors (Lipinski definition) is 1. The fourth-order valence-electron chi connectivity index (χ4n) is 0.753. The molecule has 0 aliphatic rings. The van der Waals surface area contributed by atoms with Crippen LogP contribution in [0.15, 0.2) is 0 Å². The molecule has 0 unspecified atom stereocenters. The summed E-state index contributed by atoms with van der Waals surface area (Å²) in [7, 11) is -0.321. The molecule has 1 nitrogen and oxygen atoms in total. The van der Waals surface area contributed by atoms with E-state index in [0.29, 0.717) is 5.04 Å². The van der Waals surface area contributed by atoms with Crippen LogP contribution in [0.3, 0.4) is 0 Å². The van der Waals surface area contributed by atoms with Gasteiger partial charge in [0.2, 0.25) is 0 Å². The third-order valence-corrected chi connectivity index (χ3v) is 3.46. The van der Waals surface area contributed by atoms with Crippen molar-refractivity contribution in [1.82, 2.24) is 0 Å². The van der Waals surface area contributed by atoms with Crippen LogP contribution < -0.4 is 0 Å². The van der Waals surface area contributed by atoms with Gasteiger partial charge in [-0.1, -0.05) is 13.8 Å². The molecule has 0 saturated heterocycles. The maximum atomic E-state index is 5.46. The summed E-state index contributed by atoms with van der Waals surface area (Å²) in [5, 5.41) is 0.442. The van der Waals surface area contributed by atoms with Gasteiger partial charge in [-0.15, -0.1) is 0 Å². The Bertz CT molecular complexity index is 85.7. The lowest BCUT2D eigenvalue weighted by molar-refractivity contribution is 0.338. The van der Waals surface area contributed by atoms with E-state index >= 15 is 0 Å². The average molecular weight is 178 g/mol. The second-order valence-corrected chi connectivity index (χ2v) is 6.33. The highest BCUT2D eigenvalue weighted by Gasteiger charge is 2.17. The van der Waals surface area contributed by atoms with Gasteiger partial charge in [0, 0.05) is 6.61 Å². The standard InChI is InChI=1S/C7H18OSSi/c1-4-8-10-7(2,3)5-6-9/h9H,4-6,10H2,1-3H3. The molecule has 3 heteroatoms.